The van der Waals surface area contributed by atoms with Gasteiger partial charge in [-0.15, -0.1) is 0 Å². The molecule has 0 aromatic heterocycles. The lowest BCUT2D eigenvalue weighted by molar-refractivity contribution is -0.125. The number of benzene rings is 2. The first kappa shape index (κ1) is 15.0. The van der Waals surface area contributed by atoms with E-state index in [2.05, 4.69) is 5.32 Å². The number of hydrogen-bond acceptors (Lipinski definition) is 3. The second-order valence-electron chi connectivity index (χ2n) is 6.04. The van der Waals surface area contributed by atoms with Crippen molar-refractivity contribution in [2.24, 2.45) is 5.41 Å². The van der Waals surface area contributed by atoms with Crippen molar-refractivity contribution < 1.29 is 14.7 Å². The number of Topliss-reactive ketones (excluding diaryl/α,β-unsaturated/α-hetero) is 1. The van der Waals surface area contributed by atoms with Gasteiger partial charge in [0.15, 0.2) is 5.78 Å². The van der Waals surface area contributed by atoms with E-state index in [1.807, 2.05) is 12.1 Å². The van der Waals surface area contributed by atoms with E-state index in [4.69, 9.17) is 0 Å². The van der Waals surface area contributed by atoms with Crippen molar-refractivity contribution in [2.75, 3.05) is 6.54 Å². The van der Waals surface area contributed by atoms with Gasteiger partial charge in [-0.3, -0.25) is 9.59 Å². The fourth-order valence-corrected chi connectivity index (χ4v) is 1.96. The Balaban J connectivity index is 2.20. The minimum Gasteiger partial charge on any atom is -0.506 e. The quantitative estimate of drug-likeness (QED) is 0.911. The molecular formula is C17H19NO3. The Kier molecular flexibility index (Phi) is 3.98. The van der Waals surface area contributed by atoms with Crippen LogP contribution in [-0.2, 0) is 4.79 Å². The van der Waals surface area contributed by atoms with Crippen molar-refractivity contribution >= 4 is 22.5 Å². The van der Waals surface area contributed by atoms with Gasteiger partial charge in [0.2, 0.25) is 0 Å². The van der Waals surface area contributed by atoms with E-state index in [1.165, 1.54) is 0 Å². The minimum absolute atomic E-state index is 0.0470. The lowest BCUT2D eigenvalue weighted by atomic mass is 9.91. The van der Waals surface area contributed by atoms with Crippen LogP contribution >= 0.6 is 0 Å². The molecule has 110 valence electrons. The van der Waals surface area contributed by atoms with Crippen molar-refractivity contribution in [2.45, 2.75) is 20.8 Å². The molecule has 0 radical (unpaired) electrons. The van der Waals surface area contributed by atoms with Crippen LogP contribution in [0.2, 0.25) is 0 Å². The molecule has 0 spiro atoms. The SMILES string of the molecule is CC(C)(C)C(=O)CNC(=O)c1ccc2ccccc2c1O. The molecule has 0 bridgehead atoms. The first-order valence-corrected chi connectivity index (χ1v) is 6.83. The maximum absolute atomic E-state index is 12.1. The number of aromatic hydroxyl groups is 1. The van der Waals surface area contributed by atoms with Crippen molar-refractivity contribution in [3.05, 3.63) is 42.0 Å². The van der Waals surface area contributed by atoms with E-state index in [1.54, 1.807) is 45.0 Å². The molecule has 2 rings (SSSR count). The third kappa shape index (κ3) is 3.21. The fourth-order valence-electron chi connectivity index (χ4n) is 1.96. The molecule has 4 heteroatoms. The first-order valence-electron chi connectivity index (χ1n) is 6.83. The zero-order chi connectivity index (χ0) is 15.6. The highest BCUT2D eigenvalue weighted by Crippen LogP contribution is 2.28. The maximum atomic E-state index is 12.1. The van der Waals surface area contributed by atoms with E-state index in [9.17, 15) is 14.7 Å². The molecule has 4 nitrogen and oxygen atoms in total. The second kappa shape index (κ2) is 5.56. The average molecular weight is 285 g/mol. The van der Waals surface area contributed by atoms with E-state index >= 15 is 0 Å². The molecule has 0 aliphatic rings. The summed E-state index contributed by atoms with van der Waals surface area (Å²) in [5.41, 5.74) is -0.325. The number of fused-ring (bicyclic) bond motifs is 1. The van der Waals surface area contributed by atoms with Gasteiger partial charge in [0.1, 0.15) is 5.75 Å². The zero-order valence-electron chi connectivity index (χ0n) is 12.4. The van der Waals surface area contributed by atoms with Gasteiger partial charge in [0, 0.05) is 10.8 Å². The Labute approximate surface area is 123 Å². The number of rotatable bonds is 3. The molecule has 2 N–H and O–H groups in total. The van der Waals surface area contributed by atoms with Gasteiger partial charge < -0.3 is 10.4 Å². The van der Waals surface area contributed by atoms with Gasteiger partial charge in [0.05, 0.1) is 12.1 Å². The lowest BCUT2D eigenvalue weighted by Crippen LogP contribution is -2.35. The number of nitrogens with one attached hydrogen (secondary N) is 1. The molecule has 1 amide bonds. The monoisotopic (exact) mass is 285 g/mol. The third-order valence-electron chi connectivity index (χ3n) is 3.39. The molecule has 0 fully saturated rings. The second-order valence-corrected chi connectivity index (χ2v) is 6.04. The predicted octanol–water partition coefficient (Wildman–Crippen LogP) is 2.89. The molecule has 0 atom stereocenters. The van der Waals surface area contributed by atoms with Crippen LogP contribution in [0.3, 0.4) is 0 Å². The molecule has 21 heavy (non-hydrogen) atoms. The Morgan fingerprint density at radius 3 is 2.43 bits per heavy atom. The number of amides is 1. The summed E-state index contributed by atoms with van der Waals surface area (Å²) in [6.45, 7) is 5.35. The third-order valence-corrected chi connectivity index (χ3v) is 3.39. The Morgan fingerprint density at radius 1 is 1.10 bits per heavy atom. The van der Waals surface area contributed by atoms with Crippen LogP contribution in [0.1, 0.15) is 31.1 Å². The van der Waals surface area contributed by atoms with Crippen molar-refractivity contribution in [3.8, 4) is 5.75 Å². The van der Waals surface area contributed by atoms with Crippen molar-refractivity contribution in [1.82, 2.24) is 5.32 Å². The summed E-state index contributed by atoms with van der Waals surface area (Å²) in [4.78, 5) is 23.9. The van der Waals surface area contributed by atoms with Gasteiger partial charge in [0.25, 0.3) is 5.91 Å². The van der Waals surface area contributed by atoms with E-state index in [-0.39, 0.29) is 23.6 Å². The normalized spacial score (nSPS) is 11.4. The van der Waals surface area contributed by atoms with Crippen molar-refractivity contribution in [3.63, 3.8) is 0 Å². The Bertz CT molecular complexity index is 699. The van der Waals surface area contributed by atoms with Gasteiger partial charge in [-0.1, -0.05) is 51.1 Å². The zero-order valence-corrected chi connectivity index (χ0v) is 12.4. The Morgan fingerprint density at radius 2 is 1.76 bits per heavy atom. The van der Waals surface area contributed by atoms with E-state index < -0.39 is 11.3 Å². The smallest absolute Gasteiger partial charge is 0.255 e. The summed E-state index contributed by atoms with van der Waals surface area (Å²) in [7, 11) is 0. The van der Waals surface area contributed by atoms with E-state index in [0.29, 0.717) is 5.39 Å². The summed E-state index contributed by atoms with van der Waals surface area (Å²) in [6.07, 6.45) is 0. The number of phenolic OH excluding ortho intramolecular Hbond substituents is 1. The van der Waals surface area contributed by atoms with Crippen LogP contribution in [-0.4, -0.2) is 23.3 Å². The molecule has 2 aromatic carbocycles. The van der Waals surface area contributed by atoms with Crippen LogP contribution in [0, 0.1) is 5.41 Å². The van der Waals surface area contributed by atoms with Gasteiger partial charge >= 0.3 is 0 Å². The average Bonchev–Trinajstić information content (AvgIpc) is 2.44. The molecule has 0 heterocycles. The van der Waals surface area contributed by atoms with Gasteiger partial charge in [-0.25, -0.2) is 0 Å². The molecule has 0 unspecified atom stereocenters. The predicted molar refractivity (Wildman–Crippen MR) is 82.4 cm³/mol. The number of carbonyl (C=O) groups excluding carboxylic acids is 2. The Hall–Kier alpha value is -2.36. The number of ketones is 1. The highest BCUT2D eigenvalue weighted by Gasteiger charge is 2.22. The number of hydrogen-bond donors (Lipinski definition) is 2. The molecule has 0 aliphatic carbocycles. The van der Waals surface area contributed by atoms with Crippen LogP contribution in [0.4, 0.5) is 0 Å². The standard InChI is InChI=1S/C17H19NO3/c1-17(2,3)14(19)10-18-16(21)13-9-8-11-6-4-5-7-12(11)15(13)20/h4-9,20H,10H2,1-3H3,(H,18,21). The van der Waals surface area contributed by atoms with Gasteiger partial charge in [-0.2, -0.15) is 0 Å². The molecule has 0 saturated heterocycles. The van der Waals surface area contributed by atoms with Crippen LogP contribution in [0.25, 0.3) is 10.8 Å². The van der Waals surface area contributed by atoms with Crippen LogP contribution in [0.5, 0.6) is 5.75 Å². The topological polar surface area (TPSA) is 66.4 Å². The molecular weight excluding hydrogens is 266 g/mol. The summed E-state index contributed by atoms with van der Waals surface area (Å²) >= 11 is 0. The summed E-state index contributed by atoms with van der Waals surface area (Å²) < 4.78 is 0. The molecule has 2 aromatic rings. The largest absolute Gasteiger partial charge is 0.506 e. The highest BCUT2D eigenvalue weighted by atomic mass is 16.3. The number of carbonyl (C=O) groups is 2. The highest BCUT2D eigenvalue weighted by molar-refractivity contribution is 6.04. The number of phenols is 1. The summed E-state index contributed by atoms with van der Waals surface area (Å²) in [5, 5.41) is 14.2. The maximum Gasteiger partial charge on any atom is 0.255 e. The summed E-state index contributed by atoms with van der Waals surface area (Å²) in [6, 6.07) is 10.6. The van der Waals surface area contributed by atoms with Gasteiger partial charge in [-0.05, 0) is 11.5 Å². The summed E-state index contributed by atoms with van der Waals surface area (Å²) in [5.74, 6) is -0.569. The van der Waals surface area contributed by atoms with Crippen LogP contribution < -0.4 is 5.32 Å². The van der Waals surface area contributed by atoms with Crippen LogP contribution in [0.15, 0.2) is 36.4 Å². The molecule has 0 aliphatic heterocycles. The first-order chi connectivity index (χ1) is 9.80. The lowest BCUT2D eigenvalue weighted by Gasteiger charge is -2.17. The van der Waals surface area contributed by atoms with E-state index in [0.717, 1.165) is 5.39 Å². The molecule has 0 saturated carbocycles. The minimum atomic E-state index is -0.501. The van der Waals surface area contributed by atoms with Crippen molar-refractivity contribution in [1.29, 1.82) is 0 Å². The fraction of sp³-hybridized carbons (Fsp3) is 0.294.